The van der Waals surface area contributed by atoms with E-state index in [0.29, 0.717) is 0 Å². The first-order chi connectivity index (χ1) is 4.91. The summed E-state index contributed by atoms with van der Waals surface area (Å²) in [4.78, 5) is 0. The second kappa shape index (κ2) is 8.05. The molecule has 0 aromatic heterocycles. The highest BCUT2D eigenvalue weighted by Crippen LogP contribution is 2.00. The normalized spacial score (nSPS) is 7.60. The Hall–Kier alpha value is -0.950. The van der Waals surface area contributed by atoms with E-state index in [1.807, 2.05) is 0 Å². The first-order valence-corrected chi connectivity index (χ1v) is 3.78. The molecule has 0 aromatic carbocycles. The molecule has 0 heterocycles. The van der Waals surface area contributed by atoms with Crippen LogP contribution >= 0.6 is 0 Å². The van der Waals surface area contributed by atoms with Crippen LogP contribution in [0.3, 0.4) is 0 Å². The van der Waals surface area contributed by atoms with Crippen LogP contribution in [0.25, 0.3) is 0 Å². The second-order valence-electron chi connectivity index (χ2n) is 2.22. The van der Waals surface area contributed by atoms with E-state index in [9.17, 15) is 0 Å². The molecule has 0 saturated carbocycles. The van der Waals surface area contributed by atoms with Gasteiger partial charge in [-0.1, -0.05) is 32.1 Å². The molecule has 0 N–H and O–H groups in total. The van der Waals surface area contributed by atoms with Crippen LogP contribution in [-0.2, 0) is 0 Å². The molecular formula is C9H13N. The van der Waals surface area contributed by atoms with Gasteiger partial charge in [-0.25, -0.2) is 0 Å². The van der Waals surface area contributed by atoms with Crippen LogP contribution in [-0.4, -0.2) is 0 Å². The predicted octanol–water partition coefficient (Wildman–Crippen LogP) is 2.48. The van der Waals surface area contributed by atoms with Crippen LogP contribution in [0.5, 0.6) is 0 Å². The number of hydrogen-bond acceptors (Lipinski definition) is 1. The molecule has 10 heavy (non-hydrogen) atoms. The van der Waals surface area contributed by atoms with Gasteiger partial charge in [0, 0.05) is 12.3 Å². The summed E-state index contributed by atoms with van der Waals surface area (Å²) < 4.78 is 0. The quantitative estimate of drug-likeness (QED) is 0.429. The largest absolute Gasteiger partial charge is 0.183 e. The van der Waals surface area contributed by atoms with Crippen LogP contribution in [0.2, 0.25) is 0 Å². The van der Waals surface area contributed by atoms with E-state index in [1.165, 1.54) is 19.3 Å². The van der Waals surface area contributed by atoms with E-state index >= 15 is 0 Å². The molecule has 0 rings (SSSR count). The minimum absolute atomic E-state index is 0.883. The van der Waals surface area contributed by atoms with Crippen molar-refractivity contribution in [2.24, 2.45) is 0 Å². The maximum atomic E-state index is 8.05. The number of unbranched alkanes of at least 4 members (excludes halogenated alkanes) is 4. The lowest BCUT2D eigenvalue weighted by Gasteiger charge is -1.90. The molecule has 0 spiro atoms. The molecule has 0 aliphatic rings. The van der Waals surface area contributed by atoms with Crippen molar-refractivity contribution < 1.29 is 0 Å². The van der Waals surface area contributed by atoms with E-state index in [-0.39, 0.29) is 0 Å². The molecule has 54 valence electrons. The average molecular weight is 135 g/mol. The number of nitrogens with zero attached hydrogens (tertiary/aromatic N) is 1. The summed E-state index contributed by atoms with van der Waals surface area (Å²) in [5, 5.41) is 8.05. The fourth-order valence-electron chi connectivity index (χ4n) is 0.742. The second-order valence-corrected chi connectivity index (χ2v) is 2.22. The summed E-state index contributed by atoms with van der Waals surface area (Å²) in [5.74, 6) is 5.16. The number of rotatable bonds is 4. The van der Waals surface area contributed by atoms with Gasteiger partial charge in [-0.05, 0) is 6.42 Å². The molecule has 0 aromatic rings. The summed E-state index contributed by atoms with van der Waals surface area (Å²) in [7, 11) is 0. The van der Waals surface area contributed by atoms with Gasteiger partial charge in [0.1, 0.15) is 0 Å². The van der Waals surface area contributed by atoms with Crippen LogP contribution in [0, 0.1) is 23.2 Å². The molecule has 0 radical (unpaired) electrons. The van der Waals surface area contributed by atoms with Gasteiger partial charge in [-0.3, -0.25) is 0 Å². The zero-order valence-electron chi connectivity index (χ0n) is 6.48. The third kappa shape index (κ3) is 7.05. The van der Waals surface area contributed by atoms with Crippen LogP contribution in [0.1, 0.15) is 39.0 Å². The van der Waals surface area contributed by atoms with E-state index in [4.69, 9.17) is 5.26 Å². The molecule has 0 unspecified atom stereocenters. The number of nitriles is 1. The fraction of sp³-hybridized carbons (Fsp3) is 0.667. The highest BCUT2D eigenvalue weighted by molar-refractivity contribution is 5.16. The van der Waals surface area contributed by atoms with Crippen LogP contribution < -0.4 is 0 Å². The summed E-state index contributed by atoms with van der Waals surface area (Å²) in [5.41, 5.74) is 0. The molecule has 0 amide bonds. The zero-order valence-corrected chi connectivity index (χ0v) is 6.48. The molecule has 0 saturated heterocycles. The Morgan fingerprint density at radius 2 is 2.00 bits per heavy atom. The van der Waals surface area contributed by atoms with Gasteiger partial charge in [0.2, 0.25) is 0 Å². The Bertz CT molecular complexity index is 154. The third-order valence-corrected chi connectivity index (χ3v) is 1.30. The van der Waals surface area contributed by atoms with Crippen LogP contribution in [0.15, 0.2) is 0 Å². The van der Waals surface area contributed by atoms with Crippen molar-refractivity contribution in [2.45, 2.75) is 39.0 Å². The molecule has 1 heteroatoms. The van der Waals surface area contributed by atoms with Crippen molar-refractivity contribution >= 4 is 0 Å². The van der Waals surface area contributed by atoms with E-state index < -0.39 is 0 Å². The monoisotopic (exact) mass is 135 g/mol. The molecule has 0 aliphatic heterocycles. The molecule has 0 atom stereocenters. The molecule has 0 fully saturated rings. The number of hydrogen-bond donors (Lipinski definition) is 0. The van der Waals surface area contributed by atoms with Gasteiger partial charge in [0.25, 0.3) is 0 Å². The summed E-state index contributed by atoms with van der Waals surface area (Å²) >= 11 is 0. The topological polar surface area (TPSA) is 23.8 Å². The highest BCUT2D eigenvalue weighted by atomic mass is 14.2. The maximum absolute atomic E-state index is 8.05. The highest BCUT2D eigenvalue weighted by Gasteiger charge is 1.82. The standard InChI is InChI=1S/C9H13N/c1-2-3-4-5-6-7-8-9-10/h2-6H2,1H3. The Morgan fingerprint density at radius 1 is 1.20 bits per heavy atom. The van der Waals surface area contributed by atoms with Crippen molar-refractivity contribution in [1.82, 2.24) is 0 Å². The van der Waals surface area contributed by atoms with Gasteiger partial charge in [-0.2, -0.15) is 5.26 Å². The van der Waals surface area contributed by atoms with Gasteiger partial charge in [0.05, 0.1) is 0 Å². The van der Waals surface area contributed by atoms with Gasteiger partial charge >= 0.3 is 0 Å². The van der Waals surface area contributed by atoms with Gasteiger partial charge in [0.15, 0.2) is 6.07 Å². The SMILES string of the molecule is CCCCCCC#CC#N. The zero-order chi connectivity index (χ0) is 7.66. The predicted molar refractivity (Wildman–Crippen MR) is 42.1 cm³/mol. The van der Waals surface area contributed by atoms with E-state index in [0.717, 1.165) is 12.8 Å². The molecule has 1 nitrogen and oxygen atoms in total. The first-order valence-electron chi connectivity index (χ1n) is 3.78. The van der Waals surface area contributed by atoms with Crippen molar-refractivity contribution in [3.8, 4) is 17.9 Å². The minimum atomic E-state index is 0.883. The summed E-state index contributed by atoms with van der Waals surface area (Å²) in [6.07, 6.45) is 5.81. The molecular weight excluding hydrogens is 122 g/mol. The van der Waals surface area contributed by atoms with Crippen molar-refractivity contribution in [3.63, 3.8) is 0 Å². The third-order valence-electron chi connectivity index (χ3n) is 1.30. The minimum Gasteiger partial charge on any atom is -0.183 e. The van der Waals surface area contributed by atoms with Crippen LogP contribution in [0.4, 0.5) is 0 Å². The lowest BCUT2D eigenvalue weighted by Crippen LogP contribution is -1.73. The Balaban J connectivity index is 2.99. The van der Waals surface area contributed by atoms with Crippen molar-refractivity contribution in [3.05, 3.63) is 0 Å². The maximum Gasteiger partial charge on any atom is 0.152 e. The van der Waals surface area contributed by atoms with E-state index in [2.05, 4.69) is 18.8 Å². The van der Waals surface area contributed by atoms with Crippen molar-refractivity contribution in [2.75, 3.05) is 0 Å². The Kier molecular flexibility index (Phi) is 7.29. The molecule has 0 bridgehead atoms. The molecule has 0 aliphatic carbocycles. The Labute approximate surface area is 63.1 Å². The Morgan fingerprint density at radius 3 is 2.60 bits per heavy atom. The smallest absolute Gasteiger partial charge is 0.152 e. The summed E-state index contributed by atoms with van der Waals surface area (Å²) in [6.45, 7) is 2.18. The fourth-order valence-corrected chi connectivity index (χ4v) is 0.742. The lowest BCUT2D eigenvalue weighted by molar-refractivity contribution is 0.680. The van der Waals surface area contributed by atoms with Gasteiger partial charge < -0.3 is 0 Å². The lowest BCUT2D eigenvalue weighted by atomic mass is 10.2. The average Bonchev–Trinajstić information content (AvgIpc) is 1.97. The first kappa shape index (κ1) is 9.05. The van der Waals surface area contributed by atoms with Crippen molar-refractivity contribution in [1.29, 1.82) is 5.26 Å². The van der Waals surface area contributed by atoms with Gasteiger partial charge in [-0.15, -0.1) is 0 Å². The van der Waals surface area contributed by atoms with E-state index in [1.54, 1.807) is 6.07 Å². The summed E-state index contributed by atoms with van der Waals surface area (Å²) in [6, 6.07) is 1.80.